The summed E-state index contributed by atoms with van der Waals surface area (Å²) in [6.07, 6.45) is 3.55. The molecule has 5 heteroatoms. The van der Waals surface area contributed by atoms with Crippen LogP contribution in [0, 0.1) is 0 Å². The molecule has 0 bridgehead atoms. The molecule has 0 unspecified atom stereocenters. The molecule has 0 atom stereocenters. The van der Waals surface area contributed by atoms with Gasteiger partial charge in [-0.15, -0.1) is 0 Å². The van der Waals surface area contributed by atoms with Gasteiger partial charge in [0.15, 0.2) is 0 Å². The highest BCUT2D eigenvalue weighted by Crippen LogP contribution is 2.14. The molecular formula is C13H23N3O2. The molecule has 18 heavy (non-hydrogen) atoms. The minimum Gasteiger partial charge on any atom is -0.477 e. The van der Waals surface area contributed by atoms with Gasteiger partial charge in [0.25, 0.3) is 0 Å². The van der Waals surface area contributed by atoms with Crippen molar-refractivity contribution >= 4 is 5.95 Å². The summed E-state index contributed by atoms with van der Waals surface area (Å²) in [4.78, 5) is 8.39. The van der Waals surface area contributed by atoms with E-state index in [2.05, 4.69) is 22.2 Å². The summed E-state index contributed by atoms with van der Waals surface area (Å²) < 4.78 is 10.9. The summed E-state index contributed by atoms with van der Waals surface area (Å²) in [6.45, 7) is 7.60. The highest BCUT2D eigenvalue weighted by molar-refractivity contribution is 5.27. The van der Waals surface area contributed by atoms with E-state index in [1.807, 2.05) is 13.8 Å². The molecule has 0 radical (unpaired) electrons. The molecule has 0 saturated carbocycles. The standard InChI is InChI=1S/C13H23N3O2/c1-5-8-14-12-15-9-6-11(16-12)18-10-7-13(2,3)17-4/h6,9H,5,7-8,10H2,1-4H3,(H,14,15,16). The molecule has 0 aliphatic rings. The molecule has 1 aromatic heterocycles. The average Bonchev–Trinajstić information content (AvgIpc) is 2.37. The number of rotatable bonds is 8. The quantitative estimate of drug-likeness (QED) is 0.771. The Hall–Kier alpha value is -1.36. The van der Waals surface area contributed by atoms with Gasteiger partial charge in [-0.25, -0.2) is 4.98 Å². The second kappa shape index (κ2) is 7.16. The summed E-state index contributed by atoms with van der Waals surface area (Å²) in [6, 6.07) is 1.76. The number of hydrogen-bond donors (Lipinski definition) is 1. The van der Waals surface area contributed by atoms with E-state index >= 15 is 0 Å². The van der Waals surface area contributed by atoms with Crippen molar-refractivity contribution in [2.24, 2.45) is 0 Å². The Morgan fingerprint density at radius 2 is 2.17 bits per heavy atom. The molecule has 0 fully saturated rings. The zero-order valence-corrected chi connectivity index (χ0v) is 11.7. The molecule has 0 aliphatic heterocycles. The van der Waals surface area contributed by atoms with Gasteiger partial charge in [0.1, 0.15) is 0 Å². The minimum atomic E-state index is -0.170. The zero-order chi connectivity index (χ0) is 13.4. The Morgan fingerprint density at radius 1 is 1.39 bits per heavy atom. The predicted molar refractivity (Wildman–Crippen MR) is 72.0 cm³/mol. The fourth-order valence-corrected chi connectivity index (χ4v) is 1.25. The largest absolute Gasteiger partial charge is 0.477 e. The second-order valence-electron chi connectivity index (χ2n) is 4.71. The van der Waals surface area contributed by atoms with Crippen LogP contribution >= 0.6 is 0 Å². The maximum atomic E-state index is 5.59. The predicted octanol–water partition coefficient (Wildman–Crippen LogP) is 2.49. The molecule has 5 nitrogen and oxygen atoms in total. The van der Waals surface area contributed by atoms with Crippen molar-refractivity contribution in [3.05, 3.63) is 12.3 Å². The number of nitrogens with zero attached hydrogens (tertiary/aromatic N) is 2. The molecule has 102 valence electrons. The van der Waals surface area contributed by atoms with Gasteiger partial charge >= 0.3 is 0 Å². The number of nitrogens with one attached hydrogen (secondary N) is 1. The Morgan fingerprint density at radius 3 is 2.83 bits per heavy atom. The lowest BCUT2D eigenvalue weighted by Gasteiger charge is -2.22. The maximum absolute atomic E-state index is 5.59. The van der Waals surface area contributed by atoms with Crippen LogP contribution in [0.3, 0.4) is 0 Å². The average molecular weight is 253 g/mol. The van der Waals surface area contributed by atoms with Crippen LogP contribution in [0.1, 0.15) is 33.6 Å². The van der Waals surface area contributed by atoms with Crippen molar-refractivity contribution in [1.29, 1.82) is 0 Å². The lowest BCUT2D eigenvalue weighted by atomic mass is 10.1. The first-order chi connectivity index (χ1) is 8.57. The highest BCUT2D eigenvalue weighted by atomic mass is 16.5. The van der Waals surface area contributed by atoms with E-state index in [0.717, 1.165) is 19.4 Å². The van der Waals surface area contributed by atoms with Crippen LogP contribution < -0.4 is 10.1 Å². The van der Waals surface area contributed by atoms with Gasteiger partial charge in [-0.2, -0.15) is 4.98 Å². The van der Waals surface area contributed by atoms with E-state index in [-0.39, 0.29) is 5.60 Å². The summed E-state index contributed by atoms with van der Waals surface area (Å²) in [5.74, 6) is 1.20. The van der Waals surface area contributed by atoms with Crippen molar-refractivity contribution < 1.29 is 9.47 Å². The van der Waals surface area contributed by atoms with Crippen molar-refractivity contribution in [2.45, 2.75) is 39.2 Å². The third kappa shape index (κ3) is 5.31. The Bertz CT molecular complexity index is 356. The lowest BCUT2D eigenvalue weighted by molar-refractivity contribution is 0.00509. The normalized spacial score (nSPS) is 11.3. The second-order valence-corrected chi connectivity index (χ2v) is 4.71. The zero-order valence-electron chi connectivity index (χ0n) is 11.7. The number of ether oxygens (including phenoxy) is 2. The molecule has 1 rings (SSSR count). The number of hydrogen-bond acceptors (Lipinski definition) is 5. The summed E-state index contributed by atoms with van der Waals surface area (Å²) in [5.41, 5.74) is -0.170. The van der Waals surface area contributed by atoms with E-state index in [1.54, 1.807) is 19.4 Å². The molecule has 1 heterocycles. The van der Waals surface area contributed by atoms with Crippen molar-refractivity contribution in [3.8, 4) is 5.88 Å². The fraction of sp³-hybridized carbons (Fsp3) is 0.692. The number of methoxy groups -OCH3 is 1. The van der Waals surface area contributed by atoms with Crippen LogP contribution in [-0.4, -0.2) is 35.8 Å². The molecule has 0 spiro atoms. The molecule has 0 aromatic carbocycles. The monoisotopic (exact) mass is 253 g/mol. The molecule has 0 saturated heterocycles. The first kappa shape index (κ1) is 14.7. The lowest BCUT2D eigenvalue weighted by Crippen LogP contribution is -2.25. The van der Waals surface area contributed by atoms with Crippen molar-refractivity contribution in [3.63, 3.8) is 0 Å². The first-order valence-corrected chi connectivity index (χ1v) is 6.32. The fourth-order valence-electron chi connectivity index (χ4n) is 1.25. The summed E-state index contributed by atoms with van der Waals surface area (Å²) >= 11 is 0. The summed E-state index contributed by atoms with van der Waals surface area (Å²) in [5, 5.41) is 3.13. The van der Waals surface area contributed by atoms with Gasteiger partial charge in [0.05, 0.1) is 12.2 Å². The first-order valence-electron chi connectivity index (χ1n) is 6.32. The van der Waals surface area contributed by atoms with Crippen LogP contribution in [0.4, 0.5) is 5.95 Å². The van der Waals surface area contributed by atoms with Crippen LogP contribution in [0.15, 0.2) is 12.3 Å². The van der Waals surface area contributed by atoms with Crippen molar-refractivity contribution in [1.82, 2.24) is 9.97 Å². The number of aromatic nitrogens is 2. The highest BCUT2D eigenvalue weighted by Gasteiger charge is 2.16. The maximum Gasteiger partial charge on any atom is 0.225 e. The topological polar surface area (TPSA) is 56.3 Å². The smallest absolute Gasteiger partial charge is 0.225 e. The van der Waals surface area contributed by atoms with Gasteiger partial charge in [-0.1, -0.05) is 6.92 Å². The number of anilines is 1. The van der Waals surface area contributed by atoms with E-state index in [4.69, 9.17) is 9.47 Å². The van der Waals surface area contributed by atoms with E-state index in [0.29, 0.717) is 18.4 Å². The van der Waals surface area contributed by atoms with Gasteiger partial charge in [-0.05, 0) is 20.3 Å². The van der Waals surface area contributed by atoms with Crippen LogP contribution in [-0.2, 0) is 4.74 Å². The van der Waals surface area contributed by atoms with E-state index in [1.165, 1.54) is 0 Å². The van der Waals surface area contributed by atoms with E-state index < -0.39 is 0 Å². The summed E-state index contributed by atoms with van der Waals surface area (Å²) in [7, 11) is 1.71. The van der Waals surface area contributed by atoms with Gasteiger partial charge in [0, 0.05) is 32.3 Å². The van der Waals surface area contributed by atoms with Gasteiger partial charge in [-0.3, -0.25) is 0 Å². The molecule has 0 aliphatic carbocycles. The Labute approximate surface area is 109 Å². The third-order valence-corrected chi connectivity index (χ3v) is 2.67. The Kier molecular flexibility index (Phi) is 5.85. The van der Waals surface area contributed by atoms with Gasteiger partial charge < -0.3 is 14.8 Å². The van der Waals surface area contributed by atoms with Crippen molar-refractivity contribution in [2.75, 3.05) is 25.6 Å². The minimum absolute atomic E-state index is 0.170. The molecule has 1 N–H and O–H groups in total. The van der Waals surface area contributed by atoms with Gasteiger partial charge in [0.2, 0.25) is 11.8 Å². The molecule has 1 aromatic rings. The molecule has 0 amide bonds. The Balaban J connectivity index is 2.42. The SMILES string of the molecule is CCCNc1nccc(OCCC(C)(C)OC)n1. The van der Waals surface area contributed by atoms with Crippen LogP contribution in [0.25, 0.3) is 0 Å². The van der Waals surface area contributed by atoms with Crippen LogP contribution in [0.2, 0.25) is 0 Å². The molecular weight excluding hydrogens is 230 g/mol. The third-order valence-electron chi connectivity index (χ3n) is 2.67. The van der Waals surface area contributed by atoms with Crippen LogP contribution in [0.5, 0.6) is 5.88 Å². The van der Waals surface area contributed by atoms with E-state index in [9.17, 15) is 0 Å².